The number of amides is 1. The van der Waals surface area contributed by atoms with E-state index in [2.05, 4.69) is 5.32 Å². The second-order valence-electron chi connectivity index (χ2n) is 3.82. The molecule has 19 heavy (non-hydrogen) atoms. The maximum absolute atomic E-state index is 11.8. The molecule has 0 saturated heterocycles. The van der Waals surface area contributed by atoms with Crippen LogP contribution in [0.4, 0.5) is 0 Å². The number of methoxy groups -OCH3 is 1. The third-order valence-corrected chi connectivity index (χ3v) is 2.56. The molecule has 2 rings (SSSR count). The summed E-state index contributed by atoms with van der Waals surface area (Å²) >= 11 is 0. The lowest BCUT2D eigenvalue weighted by molar-refractivity contribution is -0.117. The Morgan fingerprint density at radius 2 is 1.95 bits per heavy atom. The Morgan fingerprint density at radius 1 is 1.21 bits per heavy atom. The summed E-state index contributed by atoms with van der Waals surface area (Å²) in [6.45, 7) is 0.188. The Morgan fingerprint density at radius 3 is 2.53 bits per heavy atom. The standard InChI is InChI=1S/C14H13NO4/c1-18-11-6-4-10(5-7-11)13(16)14(17)15-9-12-3-2-8-19-12/h2-8H,9H2,1H3,(H,15,17). The van der Waals surface area contributed by atoms with Gasteiger partial charge in [0.1, 0.15) is 11.5 Å². The summed E-state index contributed by atoms with van der Waals surface area (Å²) in [5.41, 5.74) is 0.317. The van der Waals surface area contributed by atoms with Crippen LogP contribution in [0.3, 0.4) is 0 Å². The molecule has 2 aromatic rings. The number of ketones is 1. The van der Waals surface area contributed by atoms with Crippen LogP contribution >= 0.6 is 0 Å². The lowest BCUT2D eigenvalue weighted by atomic mass is 10.1. The van der Waals surface area contributed by atoms with Crippen molar-refractivity contribution in [3.63, 3.8) is 0 Å². The predicted molar refractivity (Wildman–Crippen MR) is 67.9 cm³/mol. The van der Waals surface area contributed by atoms with E-state index in [4.69, 9.17) is 9.15 Å². The molecule has 0 unspecified atom stereocenters. The van der Waals surface area contributed by atoms with Crippen LogP contribution in [0.2, 0.25) is 0 Å². The van der Waals surface area contributed by atoms with Gasteiger partial charge in [0.25, 0.3) is 5.91 Å². The topological polar surface area (TPSA) is 68.5 Å². The van der Waals surface area contributed by atoms with Crippen molar-refractivity contribution in [1.29, 1.82) is 0 Å². The van der Waals surface area contributed by atoms with Crippen molar-refractivity contribution in [2.75, 3.05) is 7.11 Å². The molecular weight excluding hydrogens is 246 g/mol. The van der Waals surface area contributed by atoms with Crippen molar-refractivity contribution in [2.24, 2.45) is 0 Å². The van der Waals surface area contributed by atoms with Gasteiger partial charge in [0.15, 0.2) is 0 Å². The van der Waals surface area contributed by atoms with Gasteiger partial charge >= 0.3 is 0 Å². The summed E-state index contributed by atoms with van der Waals surface area (Å²) in [5, 5.41) is 2.50. The summed E-state index contributed by atoms with van der Waals surface area (Å²) in [6.07, 6.45) is 1.51. The molecule has 1 heterocycles. The zero-order valence-electron chi connectivity index (χ0n) is 10.4. The minimum Gasteiger partial charge on any atom is -0.497 e. The Hall–Kier alpha value is -2.56. The third kappa shape index (κ3) is 3.22. The molecule has 1 N–H and O–H groups in total. The van der Waals surface area contributed by atoms with Gasteiger partial charge in [-0.1, -0.05) is 0 Å². The molecule has 1 aromatic carbocycles. The first-order valence-corrected chi connectivity index (χ1v) is 5.69. The van der Waals surface area contributed by atoms with Gasteiger partial charge in [-0.3, -0.25) is 9.59 Å². The Labute approximate surface area is 110 Å². The minimum absolute atomic E-state index is 0.188. The number of carbonyl (C=O) groups is 2. The normalized spacial score (nSPS) is 9.95. The van der Waals surface area contributed by atoms with Gasteiger partial charge in [0.2, 0.25) is 5.78 Å². The zero-order valence-corrected chi connectivity index (χ0v) is 10.4. The van der Waals surface area contributed by atoms with Gasteiger partial charge in [-0.25, -0.2) is 0 Å². The Balaban J connectivity index is 1.96. The van der Waals surface area contributed by atoms with Gasteiger partial charge < -0.3 is 14.5 Å². The summed E-state index contributed by atoms with van der Waals surface area (Å²) in [7, 11) is 1.53. The first-order chi connectivity index (χ1) is 9.20. The number of nitrogens with one attached hydrogen (secondary N) is 1. The molecule has 0 bridgehead atoms. The molecule has 98 valence electrons. The van der Waals surface area contributed by atoms with Crippen molar-refractivity contribution >= 4 is 11.7 Å². The molecule has 0 atom stereocenters. The Bertz CT molecular complexity index is 558. The summed E-state index contributed by atoms with van der Waals surface area (Å²) < 4.78 is 10.0. The van der Waals surface area contributed by atoms with Gasteiger partial charge in [-0.05, 0) is 36.4 Å². The SMILES string of the molecule is COc1ccc(C(=O)C(=O)NCc2ccco2)cc1. The highest BCUT2D eigenvalue weighted by atomic mass is 16.5. The molecule has 5 heteroatoms. The van der Waals surface area contributed by atoms with E-state index in [1.54, 1.807) is 36.4 Å². The maximum atomic E-state index is 11.8. The number of Topliss-reactive ketones (excluding diaryl/α,β-unsaturated/α-hetero) is 1. The van der Waals surface area contributed by atoms with Crippen LogP contribution < -0.4 is 10.1 Å². The molecule has 0 saturated carbocycles. The molecule has 0 spiro atoms. The van der Waals surface area contributed by atoms with E-state index in [-0.39, 0.29) is 6.54 Å². The van der Waals surface area contributed by atoms with E-state index in [1.165, 1.54) is 13.4 Å². The average molecular weight is 259 g/mol. The first kappa shape index (κ1) is 12.9. The van der Waals surface area contributed by atoms with Gasteiger partial charge in [-0.15, -0.1) is 0 Å². The van der Waals surface area contributed by atoms with Crippen LogP contribution in [0.25, 0.3) is 0 Å². The number of furan rings is 1. The van der Waals surface area contributed by atoms with E-state index in [0.29, 0.717) is 17.1 Å². The molecule has 0 aliphatic carbocycles. The largest absolute Gasteiger partial charge is 0.497 e. The summed E-state index contributed by atoms with van der Waals surface area (Å²) in [6, 6.07) is 9.80. The van der Waals surface area contributed by atoms with E-state index < -0.39 is 11.7 Å². The monoisotopic (exact) mass is 259 g/mol. The highest BCUT2D eigenvalue weighted by molar-refractivity contribution is 6.42. The first-order valence-electron chi connectivity index (χ1n) is 5.69. The van der Waals surface area contributed by atoms with E-state index in [1.807, 2.05) is 0 Å². The van der Waals surface area contributed by atoms with Crippen LogP contribution in [-0.4, -0.2) is 18.8 Å². The fourth-order valence-electron chi connectivity index (χ4n) is 1.53. The van der Waals surface area contributed by atoms with Crippen LogP contribution in [-0.2, 0) is 11.3 Å². The number of carbonyl (C=O) groups excluding carboxylic acids is 2. The highest BCUT2D eigenvalue weighted by Gasteiger charge is 2.16. The van der Waals surface area contributed by atoms with Crippen LogP contribution in [0.15, 0.2) is 47.1 Å². The number of rotatable bonds is 5. The number of hydrogen-bond donors (Lipinski definition) is 1. The quantitative estimate of drug-likeness (QED) is 0.656. The van der Waals surface area contributed by atoms with E-state index in [0.717, 1.165) is 0 Å². The van der Waals surface area contributed by atoms with Gasteiger partial charge in [0.05, 0.1) is 19.9 Å². The van der Waals surface area contributed by atoms with E-state index >= 15 is 0 Å². The molecule has 0 fully saturated rings. The number of ether oxygens (including phenoxy) is 1. The van der Waals surface area contributed by atoms with Crippen LogP contribution in [0, 0.1) is 0 Å². The fraction of sp³-hybridized carbons (Fsp3) is 0.143. The maximum Gasteiger partial charge on any atom is 0.292 e. The number of hydrogen-bond acceptors (Lipinski definition) is 4. The van der Waals surface area contributed by atoms with Crippen molar-refractivity contribution in [2.45, 2.75) is 6.54 Å². The highest BCUT2D eigenvalue weighted by Crippen LogP contribution is 2.11. The summed E-state index contributed by atoms with van der Waals surface area (Å²) in [5.74, 6) is -0.0285. The average Bonchev–Trinajstić information content (AvgIpc) is 2.97. The van der Waals surface area contributed by atoms with E-state index in [9.17, 15) is 9.59 Å². The summed E-state index contributed by atoms with van der Waals surface area (Å²) in [4.78, 5) is 23.5. The van der Waals surface area contributed by atoms with Gasteiger partial charge in [-0.2, -0.15) is 0 Å². The van der Waals surface area contributed by atoms with Crippen LogP contribution in [0.5, 0.6) is 5.75 Å². The van der Waals surface area contributed by atoms with Crippen molar-refractivity contribution in [3.05, 3.63) is 54.0 Å². The van der Waals surface area contributed by atoms with Crippen molar-refractivity contribution in [3.8, 4) is 5.75 Å². The lowest BCUT2D eigenvalue weighted by Gasteiger charge is -2.04. The molecule has 5 nitrogen and oxygen atoms in total. The molecule has 0 radical (unpaired) electrons. The minimum atomic E-state index is -0.665. The molecule has 0 aliphatic rings. The molecule has 0 aliphatic heterocycles. The number of benzene rings is 1. The van der Waals surface area contributed by atoms with Crippen molar-refractivity contribution in [1.82, 2.24) is 5.32 Å². The van der Waals surface area contributed by atoms with Crippen molar-refractivity contribution < 1.29 is 18.7 Å². The van der Waals surface area contributed by atoms with Crippen LogP contribution in [0.1, 0.15) is 16.1 Å². The molecule has 1 amide bonds. The smallest absolute Gasteiger partial charge is 0.292 e. The van der Waals surface area contributed by atoms with Gasteiger partial charge in [0, 0.05) is 5.56 Å². The second-order valence-corrected chi connectivity index (χ2v) is 3.82. The predicted octanol–water partition coefficient (Wildman–Crippen LogP) is 1.79. The fourth-order valence-corrected chi connectivity index (χ4v) is 1.53. The molecular formula is C14H13NO4. The zero-order chi connectivity index (χ0) is 13.7. The lowest BCUT2D eigenvalue weighted by Crippen LogP contribution is -2.30. The third-order valence-electron chi connectivity index (χ3n) is 2.56. The second kappa shape index (κ2) is 5.86. The molecule has 1 aromatic heterocycles. The Kier molecular flexibility index (Phi) is 3.97.